The number of carbonyl (C=O) groups excluding carboxylic acids is 1. The van der Waals surface area contributed by atoms with Gasteiger partial charge in [-0.2, -0.15) is 0 Å². The Balaban J connectivity index is 2.18. The molecule has 6 nitrogen and oxygen atoms in total. The van der Waals surface area contributed by atoms with Crippen molar-refractivity contribution >= 4 is 27.3 Å². The van der Waals surface area contributed by atoms with Gasteiger partial charge in [0.1, 0.15) is 17.6 Å². The summed E-state index contributed by atoms with van der Waals surface area (Å²) < 4.78 is 78.4. The minimum atomic E-state index is -4.84. The van der Waals surface area contributed by atoms with Crippen LogP contribution in [0.4, 0.5) is 28.9 Å². The number of benzene rings is 2. The van der Waals surface area contributed by atoms with E-state index in [4.69, 9.17) is 0 Å². The SMILES string of the molecule is CC(C(=O)Nc1ccc(OC(F)(F)F)cc1)N(c1ccc(F)cc1)S(C)(=O)=O. The van der Waals surface area contributed by atoms with Crippen LogP contribution in [-0.4, -0.2) is 33.0 Å². The monoisotopic (exact) mass is 420 g/mol. The lowest BCUT2D eigenvalue weighted by Gasteiger charge is -2.28. The summed E-state index contributed by atoms with van der Waals surface area (Å²) in [4.78, 5) is 12.5. The number of nitrogens with one attached hydrogen (secondary N) is 1. The van der Waals surface area contributed by atoms with E-state index in [0.29, 0.717) is 0 Å². The molecule has 0 radical (unpaired) electrons. The fourth-order valence-electron chi connectivity index (χ4n) is 2.38. The smallest absolute Gasteiger partial charge is 0.406 e. The first-order valence-corrected chi connectivity index (χ1v) is 9.63. The van der Waals surface area contributed by atoms with E-state index in [-0.39, 0.29) is 11.4 Å². The number of nitrogens with zero attached hydrogens (tertiary/aromatic N) is 1. The lowest BCUT2D eigenvalue weighted by atomic mass is 10.2. The van der Waals surface area contributed by atoms with Crippen LogP contribution in [0.25, 0.3) is 0 Å². The Labute approximate surface area is 158 Å². The highest BCUT2D eigenvalue weighted by Crippen LogP contribution is 2.25. The Kier molecular flexibility index (Phi) is 6.17. The molecule has 0 bridgehead atoms. The number of halogens is 4. The Bertz CT molecular complexity index is 929. The van der Waals surface area contributed by atoms with Gasteiger partial charge in [-0.05, 0) is 55.5 Å². The number of ether oxygens (including phenoxy) is 1. The molecular weight excluding hydrogens is 404 g/mol. The molecule has 2 aromatic carbocycles. The molecule has 0 aromatic heterocycles. The predicted octanol–water partition coefficient (Wildman–Crippen LogP) is 3.52. The van der Waals surface area contributed by atoms with E-state index in [1.54, 1.807) is 0 Å². The molecule has 0 aliphatic carbocycles. The van der Waals surface area contributed by atoms with Crippen molar-refractivity contribution in [2.45, 2.75) is 19.3 Å². The molecule has 1 unspecified atom stereocenters. The molecule has 0 aliphatic rings. The largest absolute Gasteiger partial charge is 0.573 e. The fourth-order valence-corrected chi connectivity index (χ4v) is 3.56. The van der Waals surface area contributed by atoms with Gasteiger partial charge in [0.05, 0.1) is 11.9 Å². The average molecular weight is 420 g/mol. The van der Waals surface area contributed by atoms with Gasteiger partial charge >= 0.3 is 6.36 Å². The summed E-state index contributed by atoms with van der Waals surface area (Å²) in [7, 11) is -3.89. The van der Waals surface area contributed by atoms with Gasteiger partial charge in [0, 0.05) is 5.69 Å². The number of sulfonamides is 1. The minimum absolute atomic E-state index is 0.0838. The quantitative estimate of drug-likeness (QED) is 0.726. The van der Waals surface area contributed by atoms with Crippen molar-refractivity contribution in [2.24, 2.45) is 0 Å². The van der Waals surface area contributed by atoms with Gasteiger partial charge in [-0.15, -0.1) is 13.2 Å². The Morgan fingerprint density at radius 1 is 1.07 bits per heavy atom. The van der Waals surface area contributed by atoms with Crippen LogP contribution >= 0.6 is 0 Å². The number of alkyl halides is 3. The van der Waals surface area contributed by atoms with Crippen LogP contribution in [0.3, 0.4) is 0 Å². The first kappa shape index (κ1) is 21.5. The summed E-state index contributed by atoms with van der Waals surface area (Å²) in [5.41, 5.74) is 0.222. The standard InChI is InChI=1S/C17H16F4N2O4S/c1-11(23(28(2,25)26)14-7-3-12(18)4-8-14)16(24)22-13-5-9-15(10-6-13)27-17(19,20)21/h3-11H,1-2H3,(H,22,24). The molecule has 0 saturated carbocycles. The topological polar surface area (TPSA) is 75.7 Å². The van der Waals surface area contributed by atoms with E-state index in [9.17, 15) is 30.8 Å². The van der Waals surface area contributed by atoms with Crippen molar-refractivity contribution in [1.29, 1.82) is 0 Å². The van der Waals surface area contributed by atoms with Crippen molar-refractivity contribution < 1.29 is 35.5 Å². The van der Waals surface area contributed by atoms with E-state index in [1.165, 1.54) is 31.2 Å². The molecule has 2 aromatic rings. The molecule has 1 amide bonds. The summed E-state index contributed by atoms with van der Waals surface area (Å²) in [6.45, 7) is 1.32. The molecule has 0 heterocycles. The maximum atomic E-state index is 13.1. The first-order chi connectivity index (χ1) is 12.9. The number of anilines is 2. The molecule has 11 heteroatoms. The number of hydrogen-bond acceptors (Lipinski definition) is 4. The zero-order chi connectivity index (χ0) is 21.1. The fraction of sp³-hybridized carbons (Fsp3) is 0.235. The lowest BCUT2D eigenvalue weighted by Crippen LogP contribution is -2.45. The van der Waals surface area contributed by atoms with Gasteiger partial charge in [0.25, 0.3) is 0 Å². The van der Waals surface area contributed by atoms with E-state index in [1.807, 2.05) is 0 Å². The minimum Gasteiger partial charge on any atom is -0.406 e. The van der Waals surface area contributed by atoms with E-state index < -0.39 is 39.9 Å². The molecule has 28 heavy (non-hydrogen) atoms. The molecule has 1 atom stereocenters. The Morgan fingerprint density at radius 2 is 1.61 bits per heavy atom. The Morgan fingerprint density at radius 3 is 2.07 bits per heavy atom. The molecule has 152 valence electrons. The summed E-state index contributed by atoms with van der Waals surface area (Å²) in [6.07, 6.45) is -3.95. The number of amides is 1. The normalized spacial score (nSPS) is 12.9. The van der Waals surface area contributed by atoms with E-state index >= 15 is 0 Å². The van der Waals surface area contributed by atoms with Crippen LogP contribution in [0.5, 0.6) is 5.75 Å². The summed E-state index contributed by atoms with van der Waals surface area (Å²) in [6, 6.07) is 7.67. The highest BCUT2D eigenvalue weighted by Gasteiger charge is 2.31. The second-order valence-corrected chi connectivity index (χ2v) is 7.63. The third-order valence-corrected chi connectivity index (χ3v) is 4.77. The molecule has 0 aliphatic heterocycles. The zero-order valence-corrected chi connectivity index (χ0v) is 15.5. The molecule has 2 rings (SSSR count). The highest BCUT2D eigenvalue weighted by atomic mass is 32.2. The molecule has 1 N–H and O–H groups in total. The molecular formula is C17H16F4N2O4S. The van der Waals surface area contributed by atoms with Crippen LogP contribution in [0, 0.1) is 5.82 Å². The van der Waals surface area contributed by atoms with Gasteiger partial charge < -0.3 is 10.1 Å². The van der Waals surface area contributed by atoms with Crippen molar-refractivity contribution in [2.75, 3.05) is 15.9 Å². The van der Waals surface area contributed by atoms with E-state index in [0.717, 1.165) is 34.8 Å². The van der Waals surface area contributed by atoms with Gasteiger partial charge in [0.2, 0.25) is 15.9 Å². The predicted molar refractivity (Wildman–Crippen MR) is 94.9 cm³/mol. The maximum absolute atomic E-state index is 13.1. The lowest BCUT2D eigenvalue weighted by molar-refractivity contribution is -0.274. The maximum Gasteiger partial charge on any atom is 0.573 e. The number of carbonyl (C=O) groups is 1. The highest BCUT2D eigenvalue weighted by molar-refractivity contribution is 7.92. The van der Waals surface area contributed by atoms with Gasteiger partial charge in [0.15, 0.2) is 0 Å². The van der Waals surface area contributed by atoms with Gasteiger partial charge in [-0.25, -0.2) is 12.8 Å². The van der Waals surface area contributed by atoms with Crippen LogP contribution in [-0.2, 0) is 14.8 Å². The van der Waals surface area contributed by atoms with Crippen LogP contribution in [0.2, 0.25) is 0 Å². The van der Waals surface area contributed by atoms with Gasteiger partial charge in [-0.1, -0.05) is 0 Å². The van der Waals surface area contributed by atoms with Crippen LogP contribution in [0.15, 0.2) is 48.5 Å². The first-order valence-electron chi connectivity index (χ1n) is 7.78. The number of rotatable bonds is 6. The average Bonchev–Trinajstić information content (AvgIpc) is 2.56. The third-order valence-electron chi connectivity index (χ3n) is 3.53. The van der Waals surface area contributed by atoms with Crippen LogP contribution < -0.4 is 14.4 Å². The second-order valence-electron chi connectivity index (χ2n) is 5.77. The van der Waals surface area contributed by atoms with Crippen molar-refractivity contribution in [3.05, 3.63) is 54.3 Å². The van der Waals surface area contributed by atoms with E-state index in [2.05, 4.69) is 10.1 Å². The molecule has 0 saturated heterocycles. The third kappa shape index (κ3) is 5.84. The Hall–Kier alpha value is -2.82. The summed E-state index contributed by atoms with van der Waals surface area (Å²) >= 11 is 0. The zero-order valence-electron chi connectivity index (χ0n) is 14.7. The molecule has 0 fully saturated rings. The van der Waals surface area contributed by atoms with Crippen molar-refractivity contribution in [3.63, 3.8) is 0 Å². The molecule has 0 spiro atoms. The second kappa shape index (κ2) is 8.05. The van der Waals surface area contributed by atoms with Crippen LogP contribution in [0.1, 0.15) is 6.92 Å². The summed E-state index contributed by atoms with van der Waals surface area (Å²) in [5, 5.41) is 2.41. The van der Waals surface area contributed by atoms with Gasteiger partial charge in [-0.3, -0.25) is 9.10 Å². The van der Waals surface area contributed by atoms with Crippen molar-refractivity contribution in [3.8, 4) is 5.75 Å². The summed E-state index contributed by atoms with van der Waals surface area (Å²) in [5.74, 6) is -1.78. The number of hydrogen-bond donors (Lipinski definition) is 1. The van der Waals surface area contributed by atoms with Crippen molar-refractivity contribution in [1.82, 2.24) is 0 Å².